The van der Waals surface area contributed by atoms with Gasteiger partial charge in [0.25, 0.3) is 0 Å². The van der Waals surface area contributed by atoms with Crippen LogP contribution in [0.2, 0.25) is 0 Å². The minimum absolute atomic E-state index is 0.751. The zero-order valence-corrected chi connectivity index (χ0v) is 16.3. The third kappa shape index (κ3) is 5.18. The molecule has 1 saturated carbocycles. The molecule has 1 aliphatic carbocycles. The number of nitrogens with zero attached hydrogens (tertiary/aromatic N) is 2. The first kappa shape index (κ1) is 18.6. The van der Waals surface area contributed by atoms with Crippen molar-refractivity contribution in [3.05, 3.63) is 47.6 Å². The third-order valence-electron chi connectivity index (χ3n) is 4.92. The molecule has 0 saturated heterocycles. The molecule has 0 radical (unpaired) electrons. The lowest BCUT2D eigenvalue weighted by molar-refractivity contribution is 0.452. The molecule has 2 aromatic rings. The van der Waals surface area contributed by atoms with Gasteiger partial charge in [-0.15, -0.1) is 11.3 Å². The predicted octanol–water partition coefficient (Wildman–Crippen LogP) is 4.96. The highest BCUT2D eigenvalue weighted by atomic mass is 32.1. The first-order valence-corrected chi connectivity index (χ1v) is 10.3. The van der Waals surface area contributed by atoms with Crippen LogP contribution < -0.4 is 10.6 Å². The molecule has 5 heteroatoms. The maximum absolute atomic E-state index is 4.36. The third-order valence-corrected chi connectivity index (χ3v) is 5.71. The molecule has 1 aromatic carbocycles. The van der Waals surface area contributed by atoms with E-state index in [4.69, 9.17) is 0 Å². The summed E-state index contributed by atoms with van der Waals surface area (Å²) < 4.78 is 1.19. The van der Waals surface area contributed by atoms with Crippen LogP contribution in [0.25, 0.3) is 16.3 Å². The van der Waals surface area contributed by atoms with Crippen molar-refractivity contribution in [3.8, 4) is 0 Å². The Bertz CT molecular complexity index is 782. The molecule has 0 amide bonds. The molecule has 0 atom stereocenters. The van der Waals surface area contributed by atoms with Gasteiger partial charge in [-0.3, -0.25) is 4.99 Å². The molecular weight excluding hydrogens is 340 g/mol. The van der Waals surface area contributed by atoms with E-state index >= 15 is 0 Å². The monoisotopic (exact) mass is 368 g/mol. The Kier molecular flexibility index (Phi) is 6.83. The number of rotatable bonds is 5. The summed E-state index contributed by atoms with van der Waals surface area (Å²) in [5, 5.41) is 6.85. The van der Waals surface area contributed by atoms with Crippen molar-refractivity contribution in [1.82, 2.24) is 15.6 Å². The fourth-order valence-corrected chi connectivity index (χ4v) is 4.14. The number of benzene rings is 1. The largest absolute Gasteiger partial charge is 0.356 e. The summed E-state index contributed by atoms with van der Waals surface area (Å²) >= 11 is 1.66. The SMILES string of the molecule is C=C/C(=C/c1ccc2ncsc2c1)NC(=NC)NCC1CCCCCC1. The van der Waals surface area contributed by atoms with Gasteiger partial charge in [0.15, 0.2) is 5.96 Å². The van der Waals surface area contributed by atoms with Gasteiger partial charge in [-0.05, 0) is 48.6 Å². The maximum atomic E-state index is 4.36. The summed E-state index contributed by atoms with van der Waals surface area (Å²) in [5.74, 6) is 1.56. The van der Waals surface area contributed by atoms with Crippen LogP contribution in [0.4, 0.5) is 0 Å². The van der Waals surface area contributed by atoms with Gasteiger partial charge in [-0.2, -0.15) is 0 Å². The van der Waals surface area contributed by atoms with E-state index < -0.39 is 0 Å². The Balaban J connectivity index is 1.62. The molecule has 3 rings (SSSR count). The number of allylic oxidation sites excluding steroid dienone is 1. The maximum Gasteiger partial charge on any atom is 0.195 e. The van der Waals surface area contributed by atoms with Gasteiger partial charge in [-0.25, -0.2) is 4.98 Å². The van der Waals surface area contributed by atoms with Crippen LogP contribution in [0, 0.1) is 5.92 Å². The highest BCUT2D eigenvalue weighted by Crippen LogP contribution is 2.22. The summed E-state index contributed by atoms with van der Waals surface area (Å²) in [4.78, 5) is 8.69. The number of nitrogens with one attached hydrogen (secondary N) is 2. The average molecular weight is 369 g/mol. The molecule has 0 aliphatic heterocycles. The van der Waals surface area contributed by atoms with Crippen molar-refractivity contribution in [2.45, 2.75) is 38.5 Å². The van der Waals surface area contributed by atoms with Crippen molar-refractivity contribution in [2.24, 2.45) is 10.9 Å². The number of hydrogen-bond acceptors (Lipinski definition) is 3. The van der Waals surface area contributed by atoms with E-state index in [2.05, 4.69) is 51.5 Å². The minimum atomic E-state index is 0.751. The van der Waals surface area contributed by atoms with Crippen molar-refractivity contribution in [3.63, 3.8) is 0 Å². The summed E-state index contributed by atoms with van der Waals surface area (Å²) in [6.07, 6.45) is 12.0. The van der Waals surface area contributed by atoms with E-state index in [0.717, 1.165) is 35.2 Å². The van der Waals surface area contributed by atoms with Gasteiger partial charge in [0, 0.05) is 19.3 Å². The van der Waals surface area contributed by atoms with Gasteiger partial charge < -0.3 is 10.6 Å². The van der Waals surface area contributed by atoms with Crippen LogP contribution in [-0.2, 0) is 0 Å². The number of thiazole rings is 1. The molecule has 1 fully saturated rings. The zero-order valence-electron chi connectivity index (χ0n) is 15.5. The normalized spacial score (nSPS) is 17.1. The van der Waals surface area contributed by atoms with Gasteiger partial charge in [0.2, 0.25) is 0 Å². The quantitative estimate of drug-likeness (QED) is 0.339. The van der Waals surface area contributed by atoms with Gasteiger partial charge in [0.05, 0.1) is 15.7 Å². The van der Waals surface area contributed by atoms with Gasteiger partial charge >= 0.3 is 0 Å². The van der Waals surface area contributed by atoms with Crippen molar-refractivity contribution >= 4 is 33.6 Å². The topological polar surface area (TPSA) is 49.3 Å². The molecule has 0 unspecified atom stereocenters. The number of aliphatic imine (C=N–C) groups is 1. The number of guanidine groups is 1. The Morgan fingerprint density at radius 2 is 2.12 bits per heavy atom. The number of hydrogen-bond donors (Lipinski definition) is 2. The molecular formula is C21H28N4S. The lowest BCUT2D eigenvalue weighted by Crippen LogP contribution is -2.39. The van der Waals surface area contributed by atoms with Crippen LogP contribution in [0.15, 0.2) is 47.1 Å². The minimum Gasteiger partial charge on any atom is -0.356 e. The highest BCUT2D eigenvalue weighted by Gasteiger charge is 2.12. The molecule has 4 nitrogen and oxygen atoms in total. The smallest absolute Gasteiger partial charge is 0.195 e. The van der Waals surface area contributed by atoms with E-state index in [0.29, 0.717) is 0 Å². The van der Waals surface area contributed by atoms with Crippen molar-refractivity contribution in [2.75, 3.05) is 13.6 Å². The molecule has 1 aromatic heterocycles. The Labute approximate surface area is 160 Å². The second-order valence-electron chi connectivity index (χ2n) is 6.82. The molecule has 1 heterocycles. The summed E-state index contributed by atoms with van der Waals surface area (Å²) in [5.41, 5.74) is 4.98. The van der Waals surface area contributed by atoms with Gasteiger partial charge in [0.1, 0.15) is 0 Å². The zero-order chi connectivity index (χ0) is 18.2. The van der Waals surface area contributed by atoms with Crippen molar-refractivity contribution < 1.29 is 0 Å². The Hall–Kier alpha value is -2.14. The molecule has 0 bridgehead atoms. The standard InChI is InChI=1S/C21H28N4S/c1-3-18(12-17-10-11-19-20(13-17)26-15-24-19)25-21(22-2)23-14-16-8-6-4-5-7-9-16/h3,10-13,15-16H,1,4-9,14H2,2H3,(H2,22,23,25)/b18-12-. The summed E-state index contributed by atoms with van der Waals surface area (Å²) in [7, 11) is 1.81. The first-order valence-electron chi connectivity index (χ1n) is 9.43. The van der Waals surface area contributed by atoms with Crippen LogP contribution >= 0.6 is 11.3 Å². The molecule has 1 aliphatic rings. The first-order chi connectivity index (χ1) is 12.8. The van der Waals surface area contributed by atoms with E-state index in [1.807, 2.05) is 18.6 Å². The van der Waals surface area contributed by atoms with E-state index in [1.54, 1.807) is 11.3 Å². The van der Waals surface area contributed by atoms with E-state index in [9.17, 15) is 0 Å². The van der Waals surface area contributed by atoms with Crippen LogP contribution in [0.3, 0.4) is 0 Å². The number of fused-ring (bicyclic) bond motifs is 1. The summed E-state index contributed by atoms with van der Waals surface area (Å²) in [6.45, 7) is 4.92. The fourth-order valence-electron chi connectivity index (χ4n) is 3.41. The van der Waals surface area contributed by atoms with Gasteiger partial charge in [-0.1, -0.05) is 38.3 Å². The average Bonchev–Trinajstić information content (AvgIpc) is 2.97. The molecule has 0 spiro atoms. The molecule has 26 heavy (non-hydrogen) atoms. The second kappa shape index (κ2) is 9.53. The van der Waals surface area contributed by atoms with E-state index in [1.165, 1.54) is 43.2 Å². The second-order valence-corrected chi connectivity index (χ2v) is 7.71. The Morgan fingerprint density at radius 1 is 1.31 bits per heavy atom. The predicted molar refractivity (Wildman–Crippen MR) is 113 cm³/mol. The molecule has 2 N–H and O–H groups in total. The lowest BCUT2D eigenvalue weighted by Gasteiger charge is -2.18. The highest BCUT2D eigenvalue weighted by molar-refractivity contribution is 7.16. The van der Waals surface area contributed by atoms with Crippen LogP contribution in [0.5, 0.6) is 0 Å². The van der Waals surface area contributed by atoms with E-state index in [-0.39, 0.29) is 0 Å². The molecule has 138 valence electrons. The Morgan fingerprint density at radius 3 is 2.85 bits per heavy atom. The fraction of sp³-hybridized carbons (Fsp3) is 0.429. The lowest BCUT2D eigenvalue weighted by atomic mass is 10.0. The number of aromatic nitrogens is 1. The van der Waals surface area contributed by atoms with Crippen LogP contribution in [0.1, 0.15) is 44.1 Å². The van der Waals surface area contributed by atoms with Crippen LogP contribution in [-0.4, -0.2) is 24.5 Å². The summed E-state index contributed by atoms with van der Waals surface area (Å²) in [6, 6.07) is 6.28. The van der Waals surface area contributed by atoms with Crippen molar-refractivity contribution in [1.29, 1.82) is 0 Å².